The lowest BCUT2D eigenvalue weighted by Crippen LogP contribution is -2.26. The van der Waals surface area contributed by atoms with E-state index in [0.717, 1.165) is 45.6 Å². The van der Waals surface area contributed by atoms with Crippen molar-refractivity contribution in [1.82, 2.24) is 19.7 Å². The summed E-state index contributed by atoms with van der Waals surface area (Å²) in [5.41, 5.74) is 4.98. The van der Waals surface area contributed by atoms with E-state index >= 15 is 0 Å². The van der Waals surface area contributed by atoms with Gasteiger partial charge in [-0.25, -0.2) is 9.97 Å². The Kier molecular flexibility index (Phi) is 5.54. The maximum Gasteiger partial charge on any atom is 0.230 e. The van der Waals surface area contributed by atoms with E-state index in [1.54, 1.807) is 0 Å². The molecule has 3 aromatic carbocycles. The van der Waals surface area contributed by atoms with Crippen molar-refractivity contribution in [3.63, 3.8) is 0 Å². The quantitative estimate of drug-likeness (QED) is 0.229. The van der Waals surface area contributed by atoms with Crippen LogP contribution in [-0.2, 0) is 11.2 Å². The van der Waals surface area contributed by atoms with Gasteiger partial charge in [0.1, 0.15) is 5.65 Å². The van der Waals surface area contributed by atoms with Crippen LogP contribution in [0.5, 0.6) is 0 Å². The van der Waals surface area contributed by atoms with E-state index in [2.05, 4.69) is 21.9 Å². The molecule has 0 radical (unpaired) electrons. The van der Waals surface area contributed by atoms with Gasteiger partial charge in [-0.3, -0.25) is 9.20 Å². The van der Waals surface area contributed by atoms with Gasteiger partial charge in [-0.05, 0) is 42.7 Å². The number of nitrogens with one attached hydrogen (secondary N) is 1. The lowest BCUT2D eigenvalue weighted by atomic mass is 10.1. The summed E-state index contributed by atoms with van der Waals surface area (Å²) in [6.45, 7) is 0.669. The fourth-order valence-electron chi connectivity index (χ4n) is 3.76. The molecule has 31 heavy (non-hydrogen) atoms. The van der Waals surface area contributed by atoms with Crippen molar-refractivity contribution in [1.29, 1.82) is 0 Å². The Morgan fingerprint density at radius 2 is 1.61 bits per heavy atom. The first-order chi connectivity index (χ1) is 15.3. The smallest absolute Gasteiger partial charge is 0.230 e. The number of carbonyl (C=O) groups excluding carboxylic acids is 1. The molecule has 0 saturated heterocycles. The summed E-state index contributed by atoms with van der Waals surface area (Å²) < 4.78 is 2.06. The number of rotatable bonds is 7. The molecule has 0 aliphatic carbocycles. The fourth-order valence-corrected chi connectivity index (χ4v) is 4.60. The first kappa shape index (κ1) is 19.6. The van der Waals surface area contributed by atoms with Gasteiger partial charge in [-0.1, -0.05) is 66.4 Å². The predicted octanol–water partition coefficient (Wildman–Crippen LogP) is 4.88. The molecule has 0 bridgehead atoms. The van der Waals surface area contributed by atoms with Crippen LogP contribution in [0.1, 0.15) is 12.0 Å². The van der Waals surface area contributed by atoms with Gasteiger partial charge in [0, 0.05) is 11.9 Å². The molecule has 2 aromatic heterocycles. The largest absolute Gasteiger partial charge is 0.355 e. The molecule has 0 aliphatic rings. The number of aryl methyl sites for hydroxylation is 1. The van der Waals surface area contributed by atoms with Crippen LogP contribution >= 0.6 is 11.8 Å². The van der Waals surface area contributed by atoms with Crippen molar-refractivity contribution in [2.24, 2.45) is 0 Å². The molecule has 1 N–H and O–H groups in total. The molecule has 0 aliphatic heterocycles. The summed E-state index contributed by atoms with van der Waals surface area (Å²) >= 11 is 1.45. The molecule has 0 unspecified atom stereocenters. The maximum absolute atomic E-state index is 12.4. The second-order valence-corrected chi connectivity index (χ2v) is 8.34. The number of para-hydroxylation sites is 3. The molecular formula is C25H22N4OS. The van der Waals surface area contributed by atoms with Crippen LogP contribution in [-0.4, -0.2) is 32.6 Å². The van der Waals surface area contributed by atoms with Crippen LogP contribution in [0.3, 0.4) is 0 Å². The zero-order chi connectivity index (χ0) is 21.0. The van der Waals surface area contributed by atoms with E-state index < -0.39 is 0 Å². The third-order valence-electron chi connectivity index (χ3n) is 5.25. The van der Waals surface area contributed by atoms with E-state index in [0.29, 0.717) is 12.3 Å². The minimum Gasteiger partial charge on any atom is -0.355 e. The summed E-state index contributed by atoms with van der Waals surface area (Å²) in [6, 6.07) is 26.4. The zero-order valence-electron chi connectivity index (χ0n) is 17.0. The standard InChI is InChI=1S/C25H22N4OS/c30-23(26-16-8-11-18-9-2-1-3-10-18)17-31-25-28-20-13-5-4-12-19(20)24-27-21-14-6-7-15-22(21)29(24)25/h1-7,9-10,12-15H,8,11,16-17H2,(H,26,30). The van der Waals surface area contributed by atoms with E-state index in [1.165, 1.54) is 17.3 Å². The number of thioether (sulfide) groups is 1. The van der Waals surface area contributed by atoms with E-state index in [4.69, 9.17) is 9.97 Å². The van der Waals surface area contributed by atoms with Gasteiger partial charge in [-0.2, -0.15) is 0 Å². The van der Waals surface area contributed by atoms with Gasteiger partial charge >= 0.3 is 0 Å². The van der Waals surface area contributed by atoms with Crippen molar-refractivity contribution < 1.29 is 4.79 Å². The van der Waals surface area contributed by atoms with Crippen LogP contribution < -0.4 is 5.32 Å². The topological polar surface area (TPSA) is 59.3 Å². The van der Waals surface area contributed by atoms with Crippen molar-refractivity contribution in [3.8, 4) is 0 Å². The highest BCUT2D eigenvalue weighted by molar-refractivity contribution is 7.99. The Morgan fingerprint density at radius 1 is 0.871 bits per heavy atom. The Labute approximate surface area is 184 Å². The van der Waals surface area contributed by atoms with Crippen molar-refractivity contribution >= 4 is 45.3 Å². The maximum atomic E-state index is 12.4. The number of carbonyl (C=O) groups is 1. The Morgan fingerprint density at radius 3 is 2.48 bits per heavy atom. The third kappa shape index (κ3) is 4.11. The first-order valence-electron chi connectivity index (χ1n) is 10.4. The Bertz CT molecular complexity index is 1360. The lowest BCUT2D eigenvalue weighted by Gasteiger charge is -2.09. The van der Waals surface area contributed by atoms with Gasteiger partial charge < -0.3 is 5.32 Å². The van der Waals surface area contributed by atoms with E-state index in [1.807, 2.05) is 66.7 Å². The number of nitrogens with zero attached hydrogens (tertiary/aromatic N) is 3. The SMILES string of the molecule is O=C(CSc1nc2ccccc2c2nc3ccccc3n12)NCCCc1ccccc1. The summed E-state index contributed by atoms with van der Waals surface area (Å²) in [7, 11) is 0. The number of benzene rings is 3. The second kappa shape index (κ2) is 8.78. The molecule has 0 atom stereocenters. The number of fused-ring (bicyclic) bond motifs is 5. The van der Waals surface area contributed by atoms with Gasteiger partial charge in [0.2, 0.25) is 5.91 Å². The van der Waals surface area contributed by atoms with Gasteiger partial charge in [0.25, 0.3) is 0 Å². The normalized spacial score (nSPS) is 11.4. The molecule has 2 heterocycles. The molecular weight excluding hydrogens is 404 g/mol. The molecule has 5 nitrogen and oxygen atoms in total. The summed E-state index contributed by atoms with van der Waals surface area (Å²) in [4.78, 5) is 22.1. The van der Waals surface area contributed by atoms with E-state index in [-0.39, 0.29) is 5.91 Å². The molecule has 0 saturated carbocycles. The first-order valence-corrected chi connectivity index (χ1v) is 11.4. The molecule has 1 amide bonds. The summed E-state index contributed by atoms with van der Waals surface area (Å²) in [5.74, 6) is 0.337. The molecule has 6 heteroatoms. The zero-order valence-corrected chi connectivity index (χ0v) is 17.8. The molecule has 5 aromatic rings. The highest BCUT2D eigenvalue weighted by Gasteiger charge is 2.15. The van der Waals surface area contributed by atoms with Crippen molar-refractivity contribution in [2.75, 3.05) is 12.3 Å². The number of amides is 1. The van der Waals surface area contributed by atoms with Gasteiger partial charge in [0.05, 0.1) is 22.3 Å². The van der Waals surface area contributed by atoms with Crippen molar-refractivity contribution in [2.45, 2.75) is 18.0 Å². The van der Waals surface area contributed by atoms with E-state index in [9.17, 15) is 4.79 Å². The minimum atomic E-state index is 0.0191. The van der Waals surface area contributed by atoms with Crippen LogP contribution in [0.4, 0.5) is 0 Å². The summed E-state index contributed by atoms with van der Waals surface area (Å²) in [6.07, 6.45) is 1.88. The molecule has 0 fully saturated rings. The Balaban J connectivity index is 1.32. The van der Waals surface area contributed by atoms with Crippen LogP contribution in [0.2, 0.25) is 0 Å². The molecule has 0 spiro atoms. The number of hydrogen-bond donors (Lipinski definition) is 1. The number of imidazole rings is 1. The van der Waals surface area contributed by atoms with Crippen LogP contribution in [0, 0.1) is 0 Å². The van der Waals surface area contributed by atoms with Gasteiger partial charge in [0.15, 0.2) is 5.16 Å². The number of aromatic nitrogens is 3. The van der Waals surface area contributed by atoms with Crippen molar-refractivity contribution in [3.05, 3.63) is 84.4 Å². The second-order valence-electron chi connectivity index (χ2n) is 7.40. The monoisotopic (exact) mass is 426 g/mol. The van der Waals surface area contributed by atoms with Crippen LogP contribution in [0.25, 0.3) is 27.6 Å². The highest BCUT2D eigenvalue weighted by Crippen LogP contribution is 2.28. The molecule has 5 rings (SSSR count). The predicted molar refractivity (Wildman–Crippen MR) is 126 cm³/mol. The third-order valence-corrected chi connectivity index (χ3v) is 6.19. The fraction of sp³-hybridized carbons (Fsp3) is 0.160. The average Bonchev–Trinajstić information content (AvgIpc) is 3.21. The lowest BCUT2D eigenvalue weighted by molar-refractivity contribution is -0.118. The van der Waals surface area contributed by atoms with Gasteiger partial charge in [-0.15, -0.1) is 0 Å². The van der Waals surface area contributed by atoms with Crippen LogP contribution in [0.15, 0.2) is 84.0 Å². The summed E-state index contributed by atoms with van der Waals surface area (Å²) in [5, 5.41) is 4.81. The number of hydrogen-bond acceptors (Lipinski definition) is 4. The minimum absolute atomic E-state index is 0.0191. The average molecular weight is 427 g/mol. The highest BCUT2D eigenvalue weighted by atomic mass is 32.2. The molecule has 154 valence electrons. The Hall–Kier alpha value is -3.38.